The van der Waals surface area contributed by atoms with Crippen LogP contribution in [0.25, 0.3) is 5.69 Å². The van der Waals surface area contributed by atoms with Crippen molar-refractivity contribution >= 4 is 11.6 Å². The minimum Gasteiger partial charge on any atom is -0.439 e. The second-order valence-corrected chi connectivity index (χ2v) is 7.88. The van der Waals surface area contributed by atoms with Crippen LogP contribution in [0, 0.1) is 6.92 Å². The third kappa shape index (κ3) is 4.15. The predicted molar refractivity (Wildman–Crippen MR) is 124 cm³/mol. The van der Waals surface area contributed by atoms with Gasteiger partial charge in [0.15, 0.2) is 0 Å². The number of hydrogen-bond donors (Lipinski definition) is 1. The summed E-state index contributed by atoms with van der Waals surface area (Å²) in [5.41, 5.74) is 2.02. The van der Waals surface area contributed by atoms with Gasteiger partial charge in [-0.3, -0.25) is 14.3 Å². The predicted octanol–water partition coefficient (Wildman–Crippen LogP) is 4.12. The third-order valence-corrected chi connectivity index (χ3v) is 5.59. The number of amides is 1. The smallest absolute Gasteiger partial charge is 0.284 e. The Kier molecular flexibility index (Phi) is 5.48. The van der Waals surface area contributed by atoms with Gasteiger partial charge in [-0.2, -0.15) is 4.98 Å². The quantitative estimate of drug-likeness (QED) is 0.503. The number of para-hydroxylation sites is 1. The number of benzene rings is 2. The molecule has 1 aliphatic heterocycles. The summed E-state index contributed by atoms with van der Waals surface area (Å²) in [4.78, 5) is 34.8. The SMILES string of the molecule is Cc1nccc(Oc2ccc(NC(=O)c3c4n(n(-c5ccccc5)c3=O)CCCC4)cc2)n1. The van der Waals surface area contributed by atoms with Gasteiger partial charge in [0.1, 0.15) is 17.1 Å². The van der Waals surface area contributed by atoms with Crippen molar-refractivity contribution in [3.8, 4) is 17.3 Å². The third-order valence-electron chi connectivity index (χ3n) is 5.59. The first kappa shape index (κ1) is 20.7. The minimum atomic E-state index is -0.402. The van der Waals surface area contributed by atoms with E-state index >= 15 is 0 Å². The summed E-state index contributed by atoms with van der Waals surface area (Å²) in [6, 6.07) is 18.1. The van der Waals surface area contributed by atoms with Crippen molar-refractivity contribution in [2.45, 2.75) is 32.7 Å². The molecule has 0 spiro atoms. The van der Waals surface area contributed by atoms with Gasteiger partial charge in [0.05, 0.1) is 11.4 Å². The van der Waals surface area contributed by atoms with Crippen molar-refractivity contribution in [1.29, 1.82) is 0 Å². The second kappa shape index (κ2) is 8.74. The molecule has 0 fully saturated rings. The molecule has 2 aromatic heterocycles. The van der Waals surface area contributed by atoms with E-state index in [4.69, 9.17) is 4.74 Å². The zero-order valence-electron chi connectivity index (χ0n) is 18.2. The number of nitrogens with one attached hydrogen (secondary N) is 1. The number of aryl methyl sites for hydroxylation is 1. The van der Waals surface area contributed by atoms with Crippen molar-refractivity contribution in [2.24, 2.45) is 0 Å². The zero-order valence-corrected chi connectivity index (χ0v) is 18.2. The molecule has 0 radical (unpaired) electrons. The van der Waals surface area contributed by atoms with Gasteiger partial charge >= 0.3 is 0 Å². The average molecular weight is 441 g/mol. The molecule has 8 nitrogen and oxygen atoms in total. The largest absolute Gasteiger partial charge is 0.439 e. The fourth-order valence-corrected chi connectivity index (χ4v) is 4.10. The molecule has 0 aliphatic carbocycles. The van der Waals surface area contributed by atoms with Gasteiger partial charge in [-0.05, 0) is 62.6 Å². The highest BCUT2D eigenvalue weighted by atomic mass is 16.5. The summed E-state index contributed by atoms with van der Waals surface area (Å²) in [6.45, 7) is 2.50. The van der Waals surface area contributed by atoms with E-state index in [1.165, 1.54) is 0 Å². The highest BCUT2D eigenvalue weighted by Gasteiger charge is 2.27. The highest BCUT2D eigenvalue weighted by molar-refractivity contribution is 6.05. The first-order valence-electron chi connectivity index (χ1n) is 10.9. The average Bonchev–Trinajstić information content (AvgIpc) is 3.13. The number of carbonyl (C=O) groups excluding carboxylic acids is 1. The monoisotopic (exact) mass is 441 g/mol. The number of anilines is 1. The van der Waals surface area contributed by atoms with Crippen molar-refractivity contribution in [3.05, 3.63) is 94.3 Å². The fraction of sp³-hybridized carbons (Fsp3) is 0.200. The summed E-state index contributed by atoms with van der Waals surface area (Å²) >= 11 is 0. The molecule has 2 aromatic carbocycles. The number of nitrogens with zero attached hydrogens (tertiary/aromatic N) is 4. The summed E-state index contributed by atoms with van der Waals surface area (Å²) in [6.07, 6.45) is 4.26. The van der Waals surface area contributed by atoms with Crippen molar-refractivity contribution < 1.29 is 9.53 Å². The summed E-state index contributed by atoms with van der Waals surface area (Å²) < 4.78 is 9.29. The number of hydrogen-bond acceptors (Lipinski definition) is 5. The molecule has 1 aliphatic rings. The van der Waals surface area contributed by atoms with Crippen LogP contribution in [0.4, 0.5) is 5.69 Å². The Labute approximate surface area is 190 Å². The molecular formula is C25H23N5O3. The maximum atomic E-state index is 13.3. The van der Waals surface area contributed by atoms with Gasteiger partial charge in [0.25, 0.3) is 11.5 Å². The molecule has 33 heavy (non-hydrogen) atoms. The molecule has 5 rings (SSSR count). The van der Waals surface area contributed by atoms with Crippen LogP contribution < -0.4 is 15.6 Å². The molecule has 8 heteroatoms. The molecule has 0 atom stereocenters. The van der Waals surface area contributed by atoms with Crippen LogP contribution in [0.15, 0.2) is 71.7 Å². The molecule has 1 amide bonds. The Morgan fingerprint density at radius 2 is 1.82 bits per heavy atom. The number of ether oxygens (including phenoxy) is 1. The normalized spacial score (nSPS) is 12.8. The van der Waals surface area contributed by atoms with Crippen LogP contribution in [-0.2, 0) is 13.0 Å². The van der Waals surface area contributed by atoms with Crippen molar-refractivity contribution in [1.82, 2.24) is 19.3 Å². The standard InChI is InChI=1S/C25H23N5O3/c1-17-26-15-14-22(27-17)33-20-12-10-18(11-13-20)28-24(31)23-21-9-5-6-16-29(21)30(25(23)32)19-7-3-2-4-8-19/h2-4,7-8,10-15H,5-6,9,16H2,1H3,(H,28,31). The molecule has 0 bridgehead atoms. The molecular weight excluding hydrogens is 418 g/mol. The topological polar surface area (TPSA) is 91.0 Å². The van der Waals surface area contributed by atoms with Crippen molar-refractivity contribution in [3.63, 3.8) is 0 Å². The number of fused-ring (bicyclic) bond motifs is 1. The molecule has 0 saturated heterocycles. The first-order chi connectivity index (χ1) is 16.1. The summed E-state index contributed by atoms with van der Waals surface area (Å²) in [5, 5.41) is 2.87. The van der Waals surface area contributed by atoms with E-state index in [-0.39, 0.29) is 11.1 Å². The van der Waals surface area contributed by atoms with Crippen LogP contribution in [0.3, 0.4) is 0 Å². The summed E-state index contributed by atoms with van der Waals surface area (Å²) in [7, 11) is 0. The summed E-state index contributed by atoms with van der Waals surface area (Å²) in [5.74, 6) is 1.24. The number of rotatable bonds is 5. The lowest BCUT2D eigenvalue weighted by Gasteiger charge is -2.19. The van der Waals surface area contributed by atoms with Gasteiger partial charge in [-0.1, -0.05) is 18.2 Å². The van der Waals surface area contributed by atoms with E-state index < -0.39 is 5.91 Å². The van der Waals surface area contributed by atoms with Gasteiger partial charge < -0.3 is 10.1 Å². The molecule has 1 N–H and O–H groups in total. The second-order valence-electron chi connectivity index (χ2n) is 7.88. The van der Waals surface area contributed by atoms with Gasteiger partial charge in [0.2, 0.25) is 5.88 Å². The maximum absolute atomic E-state index is 13.3. The molecule has 0 unspecified atom stereocenters. The van der Waals surface area contributed by atoms with Crippen LogP contribution in [-0.4, -0.2) is 25.2 Å². The van der Waals surface area contributed by atoms with Crippen LogP contribution in [0.1, 0.15) is 34.7 Å². The Morgan fingerprint density at radius 1 is 1.03 bits per heavy atom. The van der Waals surface area contributed by atoms with Gasteiger partial charge in [-0.15, -0.1) is 0 Å². The van der Waals surface area contributed by atoms with Crippen LogP contribution in [0.5, 0.6) is 11.6 Å². The lowest BCUT2D eigenvalue weighted by molar-refractivity contribution is 0.102. The first-order valence-corrected chi connectivity index (χ1v) is 10.9. The van der Waals surface area contributed by atoms with E-state index in [0.717, 1.165) is 24.2 Å². The molecule has 0 saturated carbocycles. The van der Waals surface area contributed by atoms with E-state index in [9.17, 15) is 9.59 Å². The lowest BCUT2D eigenvalue weighted by atomic mass is 10.1. The van der Waals surface area contributed by atoms with E-state index in [1.807, 2.05) is 35.0 Å². The maximum Gasteiger partial charge on any atom is 0.284 e. The molecule has 3 heterocycles. The van der Waals surface area contributed by atoms with Gasteiger partial charge in [-0.25, -0.2) is 9.67 Å². The zero-order chi connectivity index (χ0) is 22.8. The fourth-order valence-electron chi connectivity index (χ4n) is 4.10. The van der Waals surface area contributed by atoms with Gasteiger partial charge in [0, 0.05) is 24.5 Å². The molecule has 166 valence electrons. The van der Waals surface area contributed by atoms with Crippen LogP contribution in [0.2, 0.25) is 0 Å². The number of carbonyl (C=O) groups is 1. The Hall–Kier alpha value is -4.20. The molecule has 4 aromatic rings. The minimum absolute atomic E-state index is 0.204. The number of aromatic nitrogens is 4. The highest BCUT2D eigenvalue weighted by Crippen LogP contribution is 2.23. The Bertz CT molecular complexity index is 1360. The van der Waals surface area contributed by atoms with E-state index in [2.05, 4.69) is 15.3 Å². The van der Waals surface area contributed by atoms with Crippen molar-refractivity contribution in [2.75, 3.05) is 5.32 Å². The van der Waals surface area contributed by atoms with E-state index in [0.29, 0.717) is 36.1 Å². The van der Waals surface area contributed by atoms with Crippen LogP contribution >= 0.6 is 0 Å². The Morgan fingerprint density at radius 3 is 2.58 bits per heavy atom. The lowest BCUT2D eigenvalue weighted by Crippen LogP contribution is -2.25. The van der Waals surface area contributed by atoms with E-state index in [1.54, 1.807) is 48.1 Å². The Balaban J connectivity index is 1.40.